The Labute approximate surface area is 156 Å². The number of carbonyl (C=O) groups excluding carboxylic acids is 1. The molecular weight excluding hydrogens is 382 g/mol. The van der Waals surface area contributed by atoms with E-state index in [1.165, 1.54) is 12.1 Å². The first-order chi connectivity index (χ1) is 12.3. The molecule has 9 heteroatoms. The van der Waals surface area contributed by atoms with Gasteiger partial charge in [0.05, 0.1) is 40.2 Å². The molecular formula is C17H20ClNO6S. The number of carbonyl (C=O) groups is 2. The summed E-state index contributed by atoms with van der Waals surface area (Å²) >= 11 is 6.02. The number of nitrogens with zero attached hydrogens (tertiary/aromatic N) is 1. The summed E-state index contributed by atoms with van der Waals surface area (Å²) in [5, 5.41) is 8.68. The summed E-state index contributed by atoms with van der Waals surface area (Å²) in [6, 6.07) is 6.08. The summed E-state index contributed by atoms with van der Waals surface area (Å²) in [6.07, 6.45) is -0.107. The number of rotatable bonds is 4. The molecule has 142 valence electrons. The van der Waals surface area contributed by atoms with Crippen LogP contribution in [0.2, 0.25) is 5.02 Å². The Bertz CT molecular complexity index is 805. The van der Waals surface area contributed by atoms with Gasteiger partial charge in [0.25, 0.3) is 0 Å². The molecule has 0 spiro atoms. The topological polar surface area (TPSA) is 101 Å². The number of benzene rings is 1. The highest BCUT2D eigenvalue weighted by Crippen LogP contribution is 2.40. The monoisotopic (exact) mass is 401 g/mol. The molecule has 2 aliphatic rings. The Balaban J connectivity index is 1.86. The molecule has 1 saturated carbocycles. The molecule has 1 amide bonds. The quantitative estimate of drug-likeness (QED) is 0.819. The van der Waals surface area contributed by atoms with E-state index in [-0.39, 0.29) is 28.7 Å². The van der Waals surface area contributed by atoms with Crippen LogP contribution in [0.3, 0.4) is 0 Å². The predicted molar refractivity (Wildman–Crippen MR) is 93.7 cm³/mol. The third-order valence-electron chi connectivity index (χ3n) is 5.06. The lowest BCUT2D eigenvalue weighted by atomic mass is 9.94. The van der Waals surface area contributed by atoms with Crippen LogP contribution in [0.15, 0.2) is 29.2 Å². The van der Waals surface area contributed by atoms with E-state index in [0.717, 1.165) is 0 Å². The van der Waals surface area contributed by atoms with Crippen molar-refractivity contribution in [1.82, 2.24) is 4.90 Å². The minimum absolute atomic E-state index is 0.0132. The SMILES string of the molecule is O=C(O)[C@@H]1C[C@H](S(=O)(=O)c2ccccc2Cl)C[C@H]1C(=O)N1CCOCC1. The number of morpholine rings is 1. The zero-order chi connectivity index (χ0) is 18.9. The van der Waals surface area contributed by atoms with Gasteiger partial charge in [0.2, 0.25) is 5.91 Å². The van der Waals surface area contributed by atoms with Gasteiger partial charge in [0, 0.05) is 13.1 Å². The molecule has 2 fully saturated rings. The second-order valence-corrected chi connectivity index (χ2v) is 9.16. The van der Waals surface area contributed by atoms with E-state index in [2.05, 4.69) is 0 Å². The van der Waals surface area contributed by atoms with Gasteiger partial charge in [-0.15, -0.1) is 0 Å². The summed E-state index contributed by atoms with van der Waals surface area (Å²) in [7, 11) is -3.82. The van der Waals surface area contributed by atoms with Crippen LogP contribution >= 0.6 is 11.6 Å². The molecule has 3 atom stereocenters. The van der Waals surface area contributed by atoms with E-state index in [9.17, 15) is 23.1 Å². The lowest BCUT2D eigenvalue weighted by Crippen LogP contribution is -2.45. The average Bonchev–Trinajstić information content (AvgIpc) is 3.08. The third-order valence-corrected chi connectivity index (χ3v) is 7.73. The maximum absolute atomic E-state index is 12.9. The number of sulfone groups is 1. The van der Waals surface area contributed by atoms with Gasteiger partial charge in [-0.3, -0.25) is 9.59 Å². The van der Waals surface area contributed by atoms with Gasteiger partial charge in [-0.25, -0.2) is 8.42 Å². The van der Waals surface area contributed by atoms with Gasteiger partial charge in [-0.1, -0.05) is 23.7 Å². The highest BCUT2D eigenvalue weighted by atomic mass is 35.5. The summed E-state index contributed by atoms with van der Waals surface area (Å²) in [5.74, 6) is -3.33. The second-order valence-electron chi connectivity index (χ2n) is 6.56. The van der Waals surface area contributed by atoms with Gasteiger partial charge in [-0.2, -0.15) is 0 Å². The van der Waals surface area contributed by atoms with Crippen molar-refractivity contribution >= 4 is 33.3 Å². The number of carboxylic acid groups (broad SMARTS) is 1. The van der Waals surface area contributed by atoms with E-state index in [0.29, 0.717) is 26.3 Å². The van der Waals surface area contributed by atoms with Crippen LogP contribution in [0, 0.1) is 11.8 Å². The number of hydrogen-bond donors (Lipinski definition) is 1. The largest absolute Gasteiger partial charge is 0.481 e. The zero-order valence-corrected chi connectivity index (χ0v) is 15.6. The first kappa shape index (κ1) is 19.1. The first-order valence-corrected chi connectivity index (χ1v) is 10.3. The fourth-order valence-electron chi connectivity index (χ4n) is 3.66. The fourth-order valence-corrected chi connectivity index (χ4v) is 6.01. The van der Waals surface area contributed by atoms with Crippen molar-refractivity contribution in [1.29, 1.82) is 0 Å². The van der Waals surface area contributed by atoms with Crippen molar-refractivity contribution < 1.29 is 27.9 Å². The number of aliphatic carboxylic acids is 1. The van der Waals surface area contributed by atoms with Gasteiger partial charge in [0.1, 0.15) is 0 Å². The van der Waals surface area contributed by atoms with Crippen molar-refractivity contribution in [2.45, 2.75) is 23.0 Å². The lowest BCUT2D eigenvalue weighted by molar-refractivity contribution is -0.150. The van der Waals surface area contributed by atoms with Crippen LogP contribution in [0.1, 0.15) is 12.8 Å². The van der Waals surface area contributed by atoms with Crippen LogP contribution in [0.4, 0.5) is 0 Å². The summed E-state index contributed by atoms with van der Waals surface area (Å²) in [4.78, 5) is 26.0. The molecule has 3 rings (SSSR count). The second kappa shape index (κ2) is 7.54. The number of amides is 1. The molecule has 7 nitrogen and oxygen atoms in total. The van der Waals surface area contributed by atoms with Crippen molar-refractivity contribution in [3.8, 4) is 0 Å². The van der Waals surface area contributed by atoms with E-state index >= 15 is 0 Å². The molecule has 1 N–H and O–H groups in total. The summed E-state index contributed by atoms with van der Waals surface area (Å²) in [5.41, 5.74) is 0. The Morgan fingerprint density at radius 2 is 1.73 bits per heavy atom. The first-order valence-electron chi connectivity index (χ1n) is 8.40. The van der Waals surface area contributed by atoms with Crippen molar-refractivity contribution in [3.05, 3.63) is 29.3 Å². The molecule has 1 aromatic carbocycles. The van der Waals surface area contributed by atoms with E-state index in [4.69, 9.17) is 16.3 Å². The number of carboxylic acids is 1. The predicted octanol–water partition coefficient (Wildman–Crippen LogP) is 1.45. The molecule has 0 bridgehead atoms. The molecule has 1 aliphatic carbocycles. The third kappa shape index (κ3) is 3.58. The Morgan fingerprint density at radius 1 is 1.12 bits per heavy atom. The maximum Gasteiger partial charge on any atom is 0.307 e. The lowest BCUT2D eigenvalue weighted by Gasteiger charge is -2.30. The van der Waals surface area contributed by atoms with Crippen molar-refractivity contribution in [2.75, 3.05) is 26.3 Å². The summed E-state index contributed by atoms with van der Waals surface area (Å²) < 4.78 is 31.1. The van der Waals surface area contributed by atoms with Gasteiger partial charge >= 0.3 is 5.97 Å². The Morgan fingerprint density at radius 3 is 2.35 bits per heavy atom. The molecule has 0 unspecified atom stereocenters. The fraction of sp³-hybridized carbons (Fsp3) is 0.529. The standard InChI is InChI=1S/C17H20ClNO6S/c18-14-3-1-2-4-15(14)26(23,24)11-9-12(13(10-11)17(21)22)16(20)19-5-7-25-8-6-19/h1-4,11-13H,5-10H2,(H,21,22)/t11-,12-,13-/m1/s1. The van der Waals surface area contributed by atoms with Crippen LogP contribution in [-0.4, -0.2) is 61.9 Å². The smallest absolute Gasteiger partial charge is 0.307 e. The average molecular weight is 402 g/mol. The molecule has 1 aromatic rings. The molecule has 1 aliphatic heterocycles. The molecule has 1 heterocycles. The van der Waals surface area contributed by atoms with Crippen molar-refractivity contribution in [2.24, 2.45) is 11.8 Å². The van der Waals surface area contributed by atoms with E-state index in [1.54, 1.807) is 17.0 Å². The van der Waals surface area contributed by atoms with Gasteiger partial charge in [-0.05, 0) is 25.0 Å². The molecule has 26 heavy (non-hydrogen) atoms. The minimum Gasteiger partial charge on any atom is -0.481 e. The van der Waals surface area contributed by atoms with Crippen LogP contribution < -0.4 is 0 Å². The normalized spacial score (nSPS) is 26.7. The highest BCUT2D eigenvalue weighted by Gasteiger charge is 2.49. The van der Waals surface area contributed by atoms with Crippen LogP contribution in [0.25, 0.3) is 0 Å². The van der Waals surface area contributed by atoms with Gasteiger partial charge < -0.3 is 14.7 Å². The van der Waals surface area contributed by atoms with Crippen LogP contribution in [0.5, 0.6) is 0 Å². The molecule has 0 aromatic heterocycles. The molecule has 0 radical (unpaired) electrons. The van der Waals surface area contributed by atoms with E-state index in [1.807, 2.05) is 0 Å². The Kier molecular flexibility index (Phi) is 5.55. The number of halogens is 1. The highest BCUT2D eigenvalue weighted by molar-refractivity contribution is 7.92. The number of ether oxygens (including phenoxy) is 1. The number of hydrogen-bond acceptors (Lipinski definition) is 5. The maximum atomic E-state index is 12.9. The van der Waals surface area contributed by atoms with Crippen LogP contribution in [-0.2, 0) is 24.2 Å². The Hall–Kier alpha value is -1.64. The molecule has 1 saturated heterocycles. The van der Waals surface area contributed by atoms with Gasteiger partial charge in [0.15, 0.2) is 9.84 Å². The van der Waals surface area contributed by atoms with E-state index < -0.39 is 32.9 Å². The summed E-state index contributed by atoms with van der Waals surface area (Å²) in [6.45, 7) is 1.59. The van der Waals surface area contributed by atoms with Crippen molar-refractivity contribution in [3.63, 3.8) is 0 Å². The minimum atomic E-state index is -3.82. The zero-order valence-electron chi connectivity index (χ0n) is 14.0.